The molecule has 2 amide bonds. The van der Waals surface area contributed by atoms with E-state index < -0.39 is 23.3 Å². The zero-order valence-corrected chi connectivity index (χ0v) is 21.3. The van der Waals surface area contributed by atoms with Crippen LogP contribution in [0.2, 0.25) is 0 Å². The summed E-state index contributed by atoms with van der Waals surface area (Å²) >= 11 is 7.72. The Balaban J connectivity index is 1.43. The number of halogens is 1. The van der Waals surface area contributed by atoms with Gasteiger partial charge in [-0.2, -0.15) is 5.10 Å². The highest BCUT2D eigenvalue weighted by Gasteiger charge is 2.54. The summed E-state index contributed by atoms with van der Waals surface area (Å²) in [4.78, 5) is 38.6. The lowest BCUT2D eigenvalue weighted by Crippen LogP contribution is -2.70. The van der Waals surface area contributed by atoms with Crippen LogP contribution in [-0.2, 0) is 20.9 Å². The summed E-state index contributed by atoms with van der Waals surface area (Å²) in [7, 11) is 0. The number of β-lactam (4-membered cyclic amide) rings is 1. The standard InChI is InChI=1S/C18H19BrN6O4S3/c1-7-12(19)8(2)24(23-7)4-11(26)20-13-15(27)25-14(17(28)29)10(5-30-16(13)25)6-31-18-22-21-9(3)32-18/h13,16H,4-6H2,1-3H3,(H,20,26)(H,28,29)/t13-,16-/m0/s1. The van der Waals surface area contributed by atoms with Gasteiger partial charge in [-0.15, -0.1) is 22.0 Å². The normalized spacial score (nSPS) is 20.2. The average Bonchev–Trinajstić information content (AvgIpc) is 3.27. The minimum atomic E-state index is -1.15. The number of fused-ring (bicyclic) bond motifs is 1. The molecule has 0 aliphatic carbocycles. The van der Waals surface area contributed by atoms with Crippen molar-refractivity contribution >= 4 is 68.6 Å². The van der Waals surface area contributed by atoms with E-state index in [9.17, 15) is 19.5 Å². The number of aliphatic carboxylic acids is 1. The van der Waals surface area contributed by atoms with Gasteiger partial charge in [-0.1, -0.05) is 23.1 Å². The first-order chi connectivity index (χ1) is 15.2. The summed E-state index contributed by atoms with van der Waals surface area (Å²) in [5, 5.41) is 25.2. The van der Waals surface area contributed by atoms with Crippen LogP contribution in [-0.4, -0.2) is 70.7 Å². The fourth-order valence-electron chi connectivity index (χ4n) is 3.46. The fourth-order valence-corrected chi connectivity index (χ4v) is 7.05. The second-order valence-corrected chi connectivity index (χ2v) is 11.5. The number of rotatable bonds is 7. The topological polar surface area (TPSA) is 130 Å². The van der Waals surface area contributed by atoms with Gasteiger partial charge in [0.15, 0.2) is 4.34 Å². The van der Waals surface area contributed by atoms with E-state index in [0.29, 0.717) is 17.1 Å². The molecule has 14 heteroatoms. The Morgan fingerprint density at radius 2 is 2.06 bits per heavy atom. The number of thioether (sulfide) groups is 2. The van der Waals surface area contributed by atoms with Crippen molar-refractivity contribution in [3.8, 4) is 0 Å². The molecule has 0 aromatic carbocycles. The van der Waals surface area contributed by atoms with Gasteiger partial charge in [-0.25, -0.2) is 4.79 Å². The van der Waals surface area contributed by atoms with Crippen LogP contribution in [0.3, 0.4) is 0 Å². The number of carbonyl (C=O) groups is 3. The van der Waals surface area contributed by atoms with Crippen molar-refractivity contribution in [3.63, 3.8) is 0 Å². The van der Waals surface area contributed by atoms with Gasteiger partial charge >= 0.3 is 5.97 Å². The SMILES string of the molecule is Cc1nnc(SCC2=C(C(=O)O)N3C(=O)[C@H](NC(=O)Cn4nc(C)c(Br)c4C)[C@@H]3SC2)s1. The molecule has 32 heavy (non-hydrogen) atoms. The van der Waals surface area contributed by atoms with Gasteiger partial charge in [0.25, 0.3) is 5.91 Å². The van der Waals surface area contributed by atoms with Crippen LogP contribution in [0.15, 0.2) is 20.1 Å². The minimum Gasteiger partial charge on any atom is -0.477 e. The third-order valence-corrected chi connectivity index (χ3v) is 9.58. The van der Waals surface area contributed by atoms with Crippen molar-refractivity contribution in [2.75, 3.05) is 11.5 Å². The highest BCUT2D eigenvalue weighted by Crippen LogP contribution is 2.41. The van der Waals surface area contributed by atoms with E-state index in [1.165, 1.54) is 39.8 Å². The molecule has 2 aromatic heterocycles. The van der Waals surface area contributed by atoms with Crippen molar-refractivity contribution in [1.82, 2.24) is 30.2 Å². The molecule has 2 aromatic rings. The molecule has 0 saturated carbocycles. The van der Waals surface area contributed by atoms with Crippen LogP contribution in [0.5, 0.6) is 0 Å². The number of aryl methyl sites for hydroxylation is 2. The number of hydrogen-bond donors (Lipinski definition) is 2. The first kappa shape index (κ1) is 23.3. The number of aromatic nitrogens is 4. The van der Waals surface area contributed by atoms with Gasteiger partial charge in [0.1, 0.15) is 28.7 Å². The van der Waals surface area contributed by atoms with Gasteiger partial charge in [0, 0.05) is 11.5 Å². The number of amides is 2. The monoisotopic (exact) mass is 558 g/mol. The molecular weight excluding hydrogens is 540 g/mol. The van der Waals surface area contributed by atoms with E-state index in [1.54, 1.807) is 4.68 Å². The molecule has 2 N–H and O–H groups in total. The summed E-state index contributed by atoms with van der Waals surface area (Å²) in [6.45, 7) is 5.51. The molecule has 4 rings (SSSR count). The van der Waals surface area contributed by atoms with E-state index >= 15 is 0 Å². The first-order valence-corrected chi connectivity index (χ1v) is 13.1. The lowest BCUT2D eigenvalue weighted by atomic mass is 10.0. The Hall–Kier alpha value is -1.90. The van der Waals surface area contributed by atoms with Crippen LogP contribution < -0.4 is 5.32 Å². The molecule has 4 heterocycles. The zero-order chi connectivity index (χ0) is 23.2. The number of nitrogens with one attached hydrogen (secondary N) is 1. The Morgan fingerprint density at radius 3 is 2.66 bits per heavy atom. The number of carbonyl (C=O) groups excluding carboxylic acids is 2. The Morgan fingerprint density at radius 1 is 1.31 bits per heavy atom. The summed E-state index contributed by atoms with van der Waals surface area (Å²) in [6, 6.07) is -0.762. The third-order valence-electron chi connectivity index (χ3n) is 5.03. The lowest BCUT2D eigenvalue weighted by Gasteiger charge is -2.49. The Bertz CT molecular complexity index is 1150. The zero-order valence-electron chi connectivity index (χ0n) is 17.3. The van der Waals surface area contributed by atoms with E-state index in [0.717, 1.165) is 25.2 Å². The fraction of sp³-hybridized carbons (Fsp3) is 0.444. The first-order valence-electron chi connectivity index (χ1n) is 9.49. The summed E-state index contributed by atoms with van der Waals surface area (Å²) in [5.74, 6) is -1.06. The molecule has 2 atom stereocenters. The van der Waals surface area contributed by atoms with E-state index in [2.05, 4.69) is 36.5 Å². The lowest BCUT2D eigenvalue weighted by molar-refractivity contribution is -0.150. The minimum absolute atomic E-state index is 0.000428. The van der Waals surface area contributed by atoms with Gasteiger partial charge in [0.05, 0.1) is 15.9 Å². The second-order valence-electron chi connectivity index (χ2n) is 7.23. The van der Waals surface area contributed by atoms with Crippen molar-refractivity contribution in [3.05, 3.63) is 32.1 Å². The molecular formula is C18H19BrN6O4S3. The highest BCUT2D eigenvalue weighted by molar-refractivity contribution is 9.10. The molecule has 2 aliphatic rings. The van der Waals surface area contributed by atoms with Gasteiger partial charge in [-0.3, -0.25) is 19.2 Å². The second kappa shape index (κ2) is 9.15. The van der Waals surface area contributed by atoms with Crippen LogP contribution in [0.4, 0.5) is 0 Å². The quantitative estimate of drug-likeness (QED) is 0.386. The number of hydrogen-bond acceptors (Lipinski definition) is 9. The molecule has 170 valence electrons. The maximum atomic E-state index is 12.8. The van der Waals surface area contributed by atoms with Crippen molar-refractivity contribution in [2.24, 2.45) is 0 Å². The molecule has 0 radical (unpaired) electrons. The smallest absolute Gasteiger partial charge is 0.352 e. The average molecular weight is 559 g/mol. The molecule has 2 aliphatic heterocycles. The van der Waals surface area contributed by atoms with Crippen LogP contribution in [0.1, 0.15) is 16.4 Å². The van der Waals surface area contributed by atoms with Crippen LogP contribution in [0, 0.1) is 20.8 Å². The van der Waals surface area contributed by atoms with E-state index in [1.807, 2.05) is 20.8 Å². The summed E-state index contributed by atoms with van der Waals surface area (Å²) in [6.07, 6.45) is 0. The van der Waals surface area contributed by atoms with Crippen molar-refractivity contribution < 1.29 is 19.5 Å². The van der Waals surface area contributed by atoms with Gasteiger partial charge in [-0.05, 0) is 42.3 Å². The number of carboxylic acid groups (broad SMARTS) is 1. The predicted molar refractivity (Wildman–Crippen MR) is 124 cm³/mol. The van der Waals surface area contributed by atoms with Crippen LogP contribution >= 0.6 is 50.8 Å². The number of carboxylic acids is 1. The van der Waals surface area contributed by atoms with Gasteiger partial charge < -0.3 is 10.4 Å². The molecule has 10 nitrogen and oxygen atoms in total. The molecule has 0 spiro atoms. The molecule has 1 fully saturated rings. The van der Waals surface area contributed by atoms with Crippen LogP contribution in [0.25, 0.3) is 0 Å². The van der Waals surface area contributed by atoms with E-state index in [-0.39, 0.29) is 18.1 Å². The Kier molecular flexibility index (Phi) is 6.66. The molecule has 0 unspecified atom stereocenters. The van der Waals surface area contributed by atoms with Crippen molar-refractivity contribution in [2.45, 2.75) is 43.1 Å². The molecule has 1 saturated heterocycles. The predicted octanol–water partition coefficient (Wildman–Crippen LogP) is 1.95. The van der Waals surface area contributed by atoms with Gasteiger partial charge in [0.2, 0.25) is 5.91 Å². The maximum Gasteiger partial charge on any atom is 0.352 e. The third kappa shape index (κ3) is 4.32. The largest absolute Gasteiger partial charge is 0.477 e. The number of nitrogens with zero attached hydrogens (tertiary/aromatic N) is 5. The van der Waals surface area contributed by atoms with Crippen molar-refractivity contribution in [1.29, 1.82) is 0 Å². The highest BCUT2D eigenvalue weighted by atomic mass is 79.9. The Labute approximate surface area is 204 Å². The summed E-state index contributed by atoms with van der Waals surface area (Å²) < 4.78 is 3.16. The van der Waals surface area contributed by atoms with E-state index in [4.69, 9.17) is 0 Å². The molecule has 0 bridgehead atoms. The summed E-state index contributed by atoms with van der Waals surface area (Å²) in [5.41, 5.74) is 2.24. The maximum absolute atomic E-state index is 12.8.